The summed E-state index contributed by atoms with van der Waals surface area (Å²) in [6, 6.07) is 0. The Morgan fingerprint density at radius 3 is 1.00 bits per heavy atom. The van der Waals surface area contributed by atoms with Crippen LogP contribution in [0.1, 0.15) is 0 Å². The Bertz CT molecular complexity index is 8.00. The van der Waals surface area contributed by atoms with E-state index in [2.05, 4.69) is 0 Å². The van der Waals surface area contributed by atoms with Crippen LogP contribution in [0.4, 0.5) is 0 Å². The van der Waals surface area contributed by atoms with E-state index < -0.39 is 0 Å². The van der Waals surface area contributed by atoms with Gasteiger partial charge in [0.25, 0.3) is 0 Å². The Morgan fingerprint density at radius 2 is 1.00 bits per heavy atom. The quantitative estimate of drug-likeness (QED) is 0.544. The van der Waals surface area contributed by atoms with Crippen molar-refractivity contribution in [3.8, 4) is 0 Å². The molecule has 0 aromatic heterocycles. The van der Waals surface area contributed by atoms with Crippen molar-refractivity contribution in [2.75, 3.05) is 0 Å². The van der Waals surface area contributed by atoms with E-state index in [1.165, 1.54) is 0 Å². The molecule has 0 N–H and O–H groups in total. The molecule has 0 fully saturated rings. The molecule has 0 aliphatic rings. The van der Waals surface area contributed by atoms with Gasteiger partial charge >= 0.3 is 0 Å². The summed E-state index contributed by atoms with van der Waals surface area (Å²) < 4.78 is 0. The van der Waals surface area contributed by atoms with Crippen molar-refractivity contribution < 1.29 is 75.4 Å². The Labute approximate surface area is 74.5 Å². The first-order chi connectivity index (χ1) is 0. The van der Waals surface area contributed by atoms with Gasteiger partial charge in [0.2, 0.25) is 0 Å². The SMILES string of the molecule is [Mn].[Nb].[Ni].[Zn]. The van der Waals surface area contributed by atoms with Gasteiger partial charge < -0.3 is 0 Å². The van der Waals surface area contributed by atoms with Crippen LogP contribution in [0.2, 0.25) is 0 Å². The fourth-order valence-electron chi connectivity index (χ4n) is 0. The Balaban J connectivity index is 0. The molecule has 0 unspecified atom stereocenters. The largest absolute Gasteiger partial charge is 0 e. The van der Waals surface area contributed by atoms with Crippen molar-refractivity contribution >= 4 is 0 Å². The van der Waals surface area contributed by atoms with Crippen LogP contribution in [0.5, 0.6) is 0 Å². The van der Waals surface area contributed by atoms with Gasteiger partial charge in [-0.2, -0.15) is 0 Å². The molecule has 0 nitrogen and oxygen atoms in total. The molecular weight excluding hydrogens is 272 g/mol. The second kappa shape index (κ2) is 18.2. The van der Waals surface area contributed by atoms with Crippen molar-refractivity contribution in [3.63, 3.8) is 0 Å². The van der Waals surface area contributed by atoms with Gasteiger partial charge in [-0.15, -0.1) is 0 Å². The second-order valence-electron chi connectivity index (χ2n) is 0. The third-order valence-electron chi connectivity index (χ3n) is 0. The summed E-state index contributed by atoms with van der Waals surface area (Å²) in [7, 11) is 0. The van der Waals surface area contributed by atoms with Gasteiger partial charge in [0.15, 0.2) is 0 Å². The average Bonchev–Trinajstić information content (AvgIpc) is 0. The standard InChI is InChI=1S/Mn.Nb.Ni.Zn. The van der Waals surface area contributed by atoms with E-state index in [1.54, 1.807) is 0 Å². The smallest absolute Gasteiger partial charge is 0 e. The van der Waals surface area contributed by atoms with Crippen LogP contribution in [0.3, 0.4) is 0 Å². The zero-order valence-electron chi connectivity index (χ0n) is 1.85. The average molecular weight is 272 g/mol. The molecule has 0 saturated carbocycles. The van der Waals surface area contributed by atoms with E-state index in [9.17, 15) is 0 Å². The third-order valence-corrected chi connectivity index (χ3v) is 0. The van der Waals surface area contributed by atoms with E-state index in [0.717, 1.165) is 0 Å². The van der Waals surface area contributed by atoms with E-state index in [1.807, 2.05) is 0 Å². The molecule has 0 aliphatic heterocycles. The molecular formula is MnNbNiZn. The van der Waals surface area contributed by atoms with Gasteiger partial charge in [0.05, 0.1) is 0 Å². The maximum atomic E-state index is 0. The fraction of sp³-hybridized carbons (Fsp3) is 0. The van der Waals surface area contributed by atoms with Crippen LogP contribution in [-0.4, -0.2) is 0 Å². The molecule has 0 rings (SSSR count). The molecule has 0 aromatic rings. The van der Waals surface area contributed by atoms with Gasteiger partial charge in [-0.3, -0.25) is 0 Å². The molecule has 0 aliphatic carbocycles. The van der Waals surface area contributed by atoms with E-state index in [0.29, 0.717) is 0 Å². The van der Waals surface area contributed by atoms with Crippen molar-refractivity contribution in [2.24, 2.45) is 0 Å². The Hall–Kier alpha value is 2.38. The van der Waals surface area contributed by atoms with Gasteiger partial charge in [-0.25, -0.2) is 0 Å². The molecule has 0 bridgehead atoms. The Morgan fingerprint density at radius 1 is 1.00 bits per heavy atom. The number of hydrogen-bond acceptors (Lipinski definition) is 0. The minimum Gasteiger partial charge on any atom is 0 e. The minimum atomic E-state index is 0. The zero-order valence-corrected chi connectivity index (χ0v) is 9.18. The maximum Gasteiger partial charge on any atom is 0 e. The molecule has 0 spiro atoms. The van der Waals surface area contributed by atoms with Crippen molar-refractivity contribution in [1.82, 2.24) is 0 Å². The fourth-order valence-corrected chi connectivity index (χ4v) is 0. The molecule has 0 heterocycles. The van der Waals surface area contributed by atoms with Crippen LogP contribution in [0.15, 0.2) is 0 Å². The van der Waals surface area contributed by atoms with Crippen LogP contribution < -0.4 is 0 Å². The van der Waals surface area contributed by atoms with Crippen molar-refractivity contribution in [1.29, 1.82) is 0 Å². The summed E-state index contributed by atoms with van der Waals surface area (Å²) in [5.74, 6) is 0. The summed E-state index contributed by atoms with van der Waals surface area (Å²) in [4.78, 5) is 0. The van der Waals surface area contributed by atoms with Crippen LogP contribution in [0.25, 0.3) is 0 Å². The van der Waals surface area contributed by atoms with Gasteiger partial charge in [-0.05, 0) is 0 Å². The molecule has 24 valence electrons. The monoisotopic (exact) mass is 270 g/mol. The first-order valence-corrected chi connectivity index (χ1v) is 0. The predicted molar refractivity (Wildman–Crippen MR) is 0 cm³/mol. The molecule has 0 saturated heterocycles. The molecule has 0 amide bonds. The topological polar surface area (TPSA) is 0 Å². The van der Waals surface area contributed by atoms with Gasteiger partial charge in [0.1, 0.15) is 0 Å². The minimum absolute atomic E-state index is 0. The van der Waals surface area contributed by atoms with Crippen LogP contribution in [-0.2, 0) is 75.4 Å². The van der Waals surface area contributed by atoms with Crippen molar-refractivity contribution in [2.45, 2.75) is 0 Å². The van der Waals surface area contributed by atoms with Gasteiger partial charge in [-0.1, -0.05) is 0 Å². The molecule has 0 aromatic carbocycles. The molecule has 4 heteroatoms. The summed E-state index contributed by atoms with van der Waals surface area (Å²) in [6.45, 7) is 0. The summed E-state index contributed by atoms with van der Waals surface area (Å²) in [5.41, 5.74) is 0. The number of rotatable bonds is 0. The number of hydrogen-bond donors (Lipinski definition) is 0. The van der Waals surface area contributed by atoms with Crippen LogP contribution in [0, 0.1) is 0 Å². The maximum absolute atomic E-state index is 0. The first-order valence-electron chi connectivity index (χ1n) is 0. The van der Waals surface area contributed by atoms with Crippen LogP contribution >= 0.6 is 0 Å². The van der Waals surface area contributed by atoms with E-state index in [4.69, 9.17) is 0 Å². The predicted octanol–water partition coefficient (Wildman–Crippen LogP) is -0.0100. The van der Waals surface area contributed by atoms with E-state index in [-0.39, 0.29) is 75.4 Å². The Kier molecular flexibility index (Phi) is 149. The van der Waals surface area contributed by atoms with Crippen molar-refractivity contribution in [3.05, 3.63) is 0 Å². The van der Waals surface area contributed by atoms with E-state index >= 15 is 0 Å². The molecule has 2 radical (unpaired) electrons. The molecule has 4 heavy (non-hydrogen) atoms. The summed E-state index contributed by atoms with van der Waals surface area (Å²) >= 11 is 0. The normalized spacial score (nSPS) is 0. The third kappa shape index (κ3) is 8.83. The summed E-state index contributed by atoms with van der Waals surface area (Å²) in [6.07, 6.45) is 0. The second-order valence-corrected chi connectivity index (χ2v) is 0. The molecule has 0 atom stereocenters. The zero-order chi connectivity index (χ0) is 0. The van der Waals surface area contributed by atoms with Gasteiger partial charge in [0, 0.05) is 75.4 Å². The first kappa shape index (κ1) is 32.6. The summed E-state index contributed by atoms with van der Waals surface area (Å²) in [5, 5.41) is 0.